The predicted molar refractivity (Wildman–Crippen MR) is 77.9 cm³/mol. The molecule has 1 heterocycles. The van der Waals surface area contributed by atoms with Crippen molar-refractivity contribution >= 4 is 13.0 Å². The van der Waals surface area contributed by atoms with E-state index in [1.54, 1.807) is 31.4 Å². The van der Waals surface area contributed by atoms with Crippen molar-refractivity contribution in [2.24, 2.45) is 0 Å². The number of nitrogens with zero attached hydrogens (tertiary/aromatic N) is 3. The highest BCUT2D eigenvalue weighted by Gasteiger charge is 2.19. The van der Waals surface area contributed by atoms with Crippen molar-refractivity contribution in [2.75, 3.05) is 26.3 Å². The largest absolute Gasteiger partial charge is 0.323 e. The molecule has 1 amide bonds. The molecule has 1 aromatic rings. The van der Waals surface area contributed by atoms with Crippen molar-refractivity contribution in [1.29, 1.82) is 0 Å². The van der Waals surface area contributed by atoms with Gasteiger partial charge in [-0.15, -0.1) is 0 Å². The maximum atomic E-state index is 12.0. The molecule has 1 aromatic heterocycles. The van der Waals surface area contributed by atoms with Crippen molar-refractivity contribution in [3.8, 4) is 0 Å². The van der Waals surface area contributed by atoms with Crippen molar-refractivity contribution in [3.63, 3.8) is 0 Å². The molecule has 0 fully saturated rings. The molecule has 112 valence electrons. The molecule has 0 atom stereocenters. The molecule has 0 saturated heterocycles. The van der Waals surface area contributed by atoms with E-state index in [0.717, 1.165) is 5.69 Å². The first-order valence-corrected chi connectivity index (χ1v) is 9.26. The first kappa shape index (κ1) is 16.8. The van der Waals surface area contributed by atoms with Crippen LogP contribution in [0.25, 0.3) is 0 Å². The van der Waals surface area contributed by atoms with Crippen molar-refractivity contribution in [3.05, 3.63) is 30.1 Å². The molecule has 0 spiro atoms. The van der Waals surface area contributed by atoms with Gasteiger partial charge in [0.05, 0.1) is 19.1 Å². The molecule has 0 unspecified atom stereocenters. The maximum absolute atomic E-state index is 12.0. The second-order valence-electron chi connectivity index (χ2n) is 5.15. The van der Waals surface area contributed by atoms with Crippen LogP contribution < -0.4 is 0 Å². The molecule has 0 aliphatic heterocycles. The van der Waals surface area contributed by atoms with Crippen LogP contribution in [-0.2, 0) is 15.9 Å². The summed E-state index contributed by atoms with van der Waals surface area (Å²) in [7, 11) is -2.30. The van der Waals surface area contributed by atoms with Gasteiger partial charge in [-0.1, -0.05) is 13.0 Å². The van der Waals surface area contributed by atoms with Gasteiger partial charge in [0.2, 0.25) is 5.91 Å². The fraction of sp³-hybridized carbons (Fsp3) is 0.538. The van der Waals surface area contributed by atoms with Crippen LogP contribution in [0.1, 0.15) is 19.0 Å². The minimum atomic E-state index is -2.30. The average molecular weight is 299 g/mol. The molecular formula is C13H22N3O3P. The first-order valence-electron chi connectivity index (χ1n) is 6.47. The maximum Gasteiger partial charge on any atom is 0.246 e. The van der Waals surface area contributed by atoms with E-state index in [1.807, 2.05) is 18.2 Å². The van der Waals surface area contributed by atoms with Gasteiger partial charge in [-0.3, -0.25) is 19.9 Å². The lowest BCUT2D eigenvalue weighted by Gasteiger charge is -2.27. The molecule has 0 bridgehead atoms. The quantitative estimate of drug-likeness (QED) is 0.361. The molecule has 1 rings (SSSR count). The van der Waals surface area contributed by atoms with Gasteiger partial charge in [0, 0.05) is 19.2 Å². The Kier molecular flexibility index (Phi) is 6.33. The Morgan fingerprint density at radius 3 is 2.60 bits per heavy atom. The number of amides is 1. The standard InChI is InChI=1S/C13H22N3O3P/c1-4-13(17)16(18)10-15(11-20(2,3)19)9-12-7-5-6-8-14-12/h5-8,18H,4,9-11H2,1-3H3. The summed E-state index contributed by atoms with van der Waals surface area (Å²) in [6.45, 7) is 5.50. The highest BCUT2D eigenvalue weighted by atomic mass is 31.2. The van der Waals surface area contributed by atoms with E-state index < -0.39 is 7.14 Å². The highest BCUT2D eigenvalue weighted by Crippen LogP contribution is 2.36. The molecule has 0 saturated carbocycles. The number of aromatic nitrogens is 1. The van der Waals surface area contributed by atoms with Crippen LogP contribution in [0.4, 0.5) is 0 Å². The Hall–Kier alpha value is -1.23. The smallest absolute Gasteiger partial charge is 0.246 e. The Labute approximate surface area is 119 Å². The van der Waals surface area contributed by atoms with E-state index >= 15 is 0 Å². The Morgan fingerprint density at radius 1 is 1.40 bits per heavy atom. The fourth-order valence-electron chi connectivity index (χ4n) is 1.80. The van der Waals surface area contributed by atoms with E-state index in [1.165, 1.54) is 0 Å². The minimum absolute atomic E-state index is 0.0227. The summed E-state index contributed by atoms with van der Waals surface area (Å²) >= 11 is 0. The summed E-state index contributed by atoms with van der Waals surface area (Å²) in [4.78, 5) is 17.4. The molecule has 1 N–H and O–H groups in total. The third-order valence-electron chi connectivity index (χ3n) is 2.58. The van der Waals surface area contributed by atoms with Crippen LogP contribution in [0.15, 0.2) is 24.4 Å². The average Bonchev–Trinajstić information content (AvgIpc) is 2.36. The van der Waals surface area contributed by atoms with E-state index in [2.05, 4.69) is 4.98 Å². The second-order valence-corrected chi connectivity index (χ2v) is 8.58. The van der Waals surface area contributed by atoms with Gasteiger partial charge < -0.3 is 4.57 Å². The van der Waals surface area contributed by atoms with E-state index in [9.17, 15) is 14.6 Å². The van der Waals surface area contributed by atoms with Crippen LogP contribution in [0.2, 0.25) is 0 Å². The van der Waals surface area contributed by atoms with Crippen LogP contribution in [0, 0.1) is 0 Å². The normalized spacial score (nSPS) is 11.7. The summed E-state index contributed by atoms with van der Waals surface area (Å²) in [5.74, 6) is -0.363. The van der Waals surface area contributed by atoms with Crippen LogP contribution >= 0.6 is 7.14 Å². The molecule has 20 heavy (non-hydrogen) atoms. The Morgan fingerprint density at radius 2 is 2.10 bits per heavy atom. The zero-order chi connectivity index (χ0) is 15.2. The number of hydroxylamine groups is 2. The molecule has 0 aliphatic carbocycles. The summed E-state index contributed by atoms with van der Waals surface area (Å²) in [5, 5.41) is 10.4. The lowest BCUT2D eigenvalue weighted by atomic mass is 10.3. The van der Waals surface area contributed by atoms with E-state index in [4.69, 9.17) is 0 Å². The number of rotatable bonds is 7. The van der Waals surface area contributed by atoms with Crippen molar-refractivity contribution in [1.82, 2.24) is 14.9 Å². The molecule has 7 heteroatoms. The molecule has 0 radical (unpaired) electrons. The number of carbonyl (C=O) groups excluding carboxylic acids is 1. The molecule has 0 aromatic carbocycles. The highest BCUT2D eigenvalue weighted by molar-refractivity contribution is 7.62. The zero-order valence-corrected chi connectivity index (χ0v) is 13.1. The van der Waals surface area contributed by atoms with Crippen molar-refractivity contribution in [2.45, 2.75) is 19.9 Å². The van der Waals surface area contributed by atoms with Gasteiger partial charge in [-0.25, -0.2) is 5.06 Å². The second kappa shape index (κ2) is 7.53. The third kappa shape index (κ3) is 6.28. The van der Waals surface area contributed by atoms with Gasteiger partial charge in [0.1, 0.15) is 6.67 Å². The molecule has 6 nitrogen and oxygen atoms in total. The topological polar surface area (TPSA) is 73.7 Å². The van der Waals surface area contributed by atoms with Crippen LogP contribution in [-0.4, -0.2) is 52.3 Å². The van der Waals surface area contributed by atoms with Gasteiger partial charge in [-0.05, 0) is 25.5 Å². The van der Waals surface area contributed by atoms with Crippen molar-refractivity contribution < 1.29 is 14.6 Å². The van der Waals surface area contributed by atoms with E-state index in [-0.39, 0.29) is 19.0 Å². The first-order chi connectivity index (χ1) is 9.31. The van der Waals surface area contributed by atoms with Gasteiger partial charge in [0.15, 0.2) is 0 Å². The number of carbonyl (C=O) groups is 1. The summed E-state index contributed by atoms with van der Waals surface area (Å²) in [5.41, 5.74) is 0.804. The van der Waals surface area contributed by atoms with Gasteiger partial charge >= 0.3 is 0 Å². The monoisotopic (exact) mass is 299 g/mol. The van der Waals surface area contributed by atoms with Crippen LogP contribution in [0.5, 0.6) is 0 Å². The summed E-state index contributed by atoms with van der Waals surface area (Å²) < 4.78 is 12.0. The number of hydrogen-bond acceptors (Lipinski definition) is 5. The van der Waals surface area contributed by atoms with Gasteiger partial charge in [0.25, 0.3) is 0 Å². The number of hydrogen-bond donors (Lipinski definition) is 1. The van der Waals surface area contributed by atoms with Gasteiger partial charge in [-0.2, -0.15) is 0 Å². The summed E-state index contributed by atoms with van der Waals surface area (Å²) in [6, 6.07) is 5.54. The lowest BCUT2D eigenvalue weighted by molar-refractivity contribution is -0.173. The predicted octanol–water partition coefficient (Wildman–Crippen LogP) is 2.05. The molecule has 0 aliphatic rings. The Balaban J connectivity index is 2.75. The minimum Gasteiger partial charge on any atom is -0.323 e. The molecular weight excluding hydrogens is 277 g/mol. The lowest BCUT2D eigenvalue weighted by Crippen LogP contribution is -2.39. The third-order valence-corrected chi connectivity index (χ3v) is 3.66. The fourth-order valence-corrected chi connectivity index (χ4v) is 2.95. The SMILES string of the molecule is CCC(=O)N(O)CN(Cc1ccccn1)CP(C)(C)=O. The zero-order valence-electron chi connectivity index (χ0n) is 12.2. The van der Waals surface area contributed by atoms with E-state index in [0.29, 0.717) is 17.9 Å². The number of pyridine rings is 1. The summed E-state index contributed by atoms with van der Waals surface area (Å²) in [6.07, 6.45) is 2.22. The van der Waals surface area contributed by atoms with Crippen LogP contribution in [0.3, 0.4) is 0 Å². The Bertz CT molecular complexity index is 475.